The molecule has 6 nitrogen and oxygen atoms in total. The molecule has 26 heavy (non-hydrogen) atoms. The smallest absolute Gasteiger partial charge is 0.237 e. The number of carbonyl (C=O) groups excluding carboxylic acids is 1. The molecule has 142 valence electrons. The van der Waals surface area contributed by atoms with Crippen molar-refractivity contribution in [1.82, 2.24) is 15.1 Å². The van der Waals surface area contributed by atoms with Crippen LogP contribution in [-0.2, 0) is 21.1 Å². The molecule has 0 radical (unpaired) electrons. The first kappa shape index (κ1) is 20.1. The molecular formula is C18H24FN3O3S. The fourth-order valence-corrected chi connectivity index (χ4v) is 3.24. The molecule has 0 saturated heterocycles. The molecule has 0 aliphatic rings. The Balaban J connectivity index is 1.84. The number of sulfone groups is 1. The lowest BCUT2D eigenvalue weighted by molar-refractivity contribution is -0.127. The van der Waals surface area contributed by atoms with Crippen molar-refractivity contribution in [2.75, 3.05) is 19.3 Å². The quantitative estimate of drug-likeness (QED) is 0.761. The first-order valence-electron chi connectivity index (χ1n) is 8.45. The van der Waals surface area contributed by atoms with Crippen molar-refractivity contribution >= 4 is 15.7 Å². The molecule has 8 heteroatoms. The lowest BCUT2D eigenvalue weighted by Crippen LogP contribution is -2.35. The van der Waals surface area contributed by atoms with Crippen LogP contribution in [0.4, 0.5) is 4.39 Å². The van der Waals surface area contributed by atoms with Gasteiger partial charge in [-0.25, -0.2) is 12.8 Å². The van der Waals surface area contributed by atoms with Crippen LogP contribution in [0.2, 0.25) is 0 Å². The fraction of sp³-hybridized carbons (Fsp3) is 0.444. The van der Waals surface area contributed by atoms with E-state index in [2.05, 4.69) is 10.2 Å². The van der Waals surface area contributed by atoms with Gasteiger partial charge in [-0.15, -0.1) is 0 Å². The van der Waals surface area contributed by atoms with E-state index in [1.165, 1.54) is 17.0 Å². The highest BCUT2D eigenvalue weighted by atomic mass is 32.2. The summed E-state index contributed by atoms with van der Waals surface area (Å²) in [5, 5.41) is 6.58. The van der Waals surface area contributed by atoms with Gasteiger partial charge in [0.1, 0.15) is 11.6 Å². The Bertz CT molecular complexity index is 845. The topological polar surface area (TPSA) is 83.1 Å². The molecule has 1 heterocycles. The van der Waals surface area contributed by atoms with Crippen LogP contribution in [0, 0.1) is 5.82 Å². The number of aromatic nitrogens is 2. The van der Waals surface area contributed by atoms with Gasteiger partial charge in [-0.3, -0.25) is 9.89 Å². The molecular weight excluding hydrogens is 357 g/mol. The van der Waals surface area contributed by atoms with Crippen LogP contribution in [0.25, 0.3) is 11.3 Å². The van der Waals surface area contributed by atoms with E-state index in [1.807, 2.05) is 6.07 Å². The summed E-state index contributed by atoms with van der Waals surface area (Å²) in [6.07, 6.45) is 1.35. The minimum atomic E-state index is -3.38. The fourth-order valence-electron chi connectivity index (χ4n) is 2.34. The van der Waals surface area contributed by atoms with Crippen molar-refractivity contribution in [2.45, 2.75) is 31.9 Å². The summed E-state index contributed by atoms with van der Waals surface area (Å²) in [5.41, 5.74) is 2.45. The largest absolute Gasteiger partial charge is 0.345 e. The second kappa shape index (κ2) is 8.44. The minimum Gasteiger partial charge on any atom is -0.345 e. The van der Waals surface area contributed by atoms with Gasteiger partial charge in [0.15, 0.2) is 9.84 Å². The van der Waals surface area contributed by atoms with Gasteiger partial charge < -0.3 is 4.90 Å². The summed E-state index contributed by atoms with van der Waals surface area (Å²) in [5.74, 6) is -1.15. The number of nitrogens with zero attached hydrogens (tertiary/aromatic N) is 2. The number of hydrogen-bond acceptors (Lipinski definition) is 4. The summed E-state index contributed by atoms with van der Waals surface area (Å²) >= 11 is 0. The molecule has 1 N–H and O–H groups in total. The standard InChI is InChI=1S/C18H24FN3O3S/c1-13(2)26(24,25)12-18(23)22(3)10-4-5-16-11-17(21-20-16)14-6-8-15(19)9-7-14/h6-9,11,13H,4-5,10,12H2,1-3H3,(H,20,21). The predicted octanol–water partition coefficient (Wildman–Crippen LogP) is 2.43. The summed E-state index contributed by atoms with van der Waals surface area (Å²) in [6.45, 7) is 3.59. The Morgan fingerprint density at radius 2 is 1.92 bits per heavy atom. The Morgan fingerprint density at radius 1 is 1.27 bits per heavy atom. The van der Waals surface area contributed by atoms with Crippen LogP contribution in [0.5, 0.6) is 0 Å². The molecule has 1 aromatic heterocycles. The average Bonchev–Trinajstić information content (AvgIpc) is 3.03. The van der Waals surface area contributed by atoms with E-state index in [9.17, 15) is 17.6 Å². The van der Waals surface area contributed by atoms with E-state index in [4.69, 9.17) is 0 Å². The highest BCUT2D eigenvalue weighted by Crippen LogP contribution is 2.18. The first-order chi connectivity index (χ1) is 12.2. The summed E-state index contributed by atoms with van der Waals surface area (Å²) in [4.78, 5) is 13.5. The zero-order chi connectivity index (χ0) is 19.3. The number of amides is 1. The predicted molar refractivity (Wildman–Crippen MR) is 98.9 cm³/mol. The third-order valence-corrected chi connectivity index (χ3v) is 6.26. The SMILES string of the molecule is CC(C)S(=O)(=O)CC(=O)N(C)CCCc1cc(-c2ccc(F)cc2)n[nH]1. The minimum absolute atomic E-state index is 0.295. The van der Waals surface area contributed by atoms with E-state index in [1.54, 1.807) is 33.0 Å². The molecule has 2 aromatic rings. The van der Waals surface area contributed by atoms with Gasteiger partial charge in [0.05, 0.1) is 10.9 Å². The zero-order valence-electron chi connectivity index (χ0n) is 15.2. The number of H-pyrrole nitrogens is 1. The zero-order valence-corrected chi connectivity index (χ0v) is 16.0. The molecule has 0 bridgehead atoms. The molecule has 0 spiro atoms. The van der Waals surface area contributed by atoms with Crippen molar-refractivity contribution < 1.29 is 17.6 Å². The Hall–Kier alpha value is -2.22. The maximum absolute atomic E-state index is 13.0. The van der Waals surface area contributed by atoms with E-state index < -0.39 is 26.7 Å². The lowest BCUT2D eigenvalue weighted by Gasteiger charge is -2.17. The number of halogens is 1. The Morgan fingerprint density at radius 3 is 2.54 bits per heavy atom. The third-order valence-electron chi connectivity index (χ3n) is 4.18. The maximum atomic E-state index is 13.0. The number of nitrogens with one attached hydrogen (secondary N) is 1. The normalized spacial score (nSPS) is 11.7. The van der Waals surface area contributed by atoms with E-state index in [0.717, 1.165) is 17.0 Å². The molecule has 0 unspecified atom stereocenters. The molecule has 0 aliphatic carbocycles. The molecule has 2 rings (SSSR count). The molecule has 1 aromatic carbocycles. The average molecular weight is 381 g/mol. The number of rotatable bonds is 8. The van der Waals surface area contributed by atoms with Crippen molar-refractivity contribution in [3.05, 3.63) is 41.8 Å². The number of benzene rings is 1. The van der Waals surface area contributed by atoms with Crippen LogP contribution in [0.3, 0.4) is 0 Å². The van der Waals surface area contributed by atoms with Crippen molar-refractivity contribution in [3.8, 4) is 11.3 Å². The number of carbonyl (C=O) groups is 1. The van der Waals surface area contributed by atoms with Gasteiger partial charge in [-0.1, -0.05) is 0 Å². The molecule has 0 saturated carbocycles. The van der Waals surface area contributed by atoms with Gasteiger partial charge in [-0.2, -0.15) is 5.10 Å². The second-order valence-corrected chi connectivity index (χ2v) is 9.12. The maximum Gasteiger partial charge on any atom is 0.237 e. The Kier molecular flexibility index (Phi) is 6.52. The van der Waals surface area contributed by atoms with Gasteiger partial charge in [0.2, 0.25) is 5.91 Å². The van der Waals surface area contributed by atoms with Crippen molar-refractivity contribution in [3.63, 3.8) is 0 Å². The first-order valence-corrected chi connectivity index (χ1v) is 10.2. The highest BCUT2D eigenvalue weighted by molar-refractivity contribution is 7.92. The van der Waals surface area contributed by atoms with Crippen molar-refractivity contribution in [1.29, 1.82) is 0 Å². The lowest BCUT2D eigenvalue weighted by atomic mass is 10.1. The third kappa shape index (κ3) is 5.39. The van der Waals surface area contributed by atoms with E-state index >= 15 is 0 Å². The van der Waals surface area contributed by atoms with Crippen molar-refractivity contribution in [2.24, 2.45) is 0 Å². The van der Waals surface area contributed by atoms with E-state index in [0.29, 0.717) is 19.4 Å². The number of aromatic amines is 1. The van der Waals surface area contributed by atoms with Crippen LogP contribution in [-0.4, -0.2) is 54.0 Å². The van der Waals surface area contributed by atoms with Crippen LogP contribution in [0.15, 0.2) is 30.3 Å². The summed E-state index contributed by atoms with van der Waals surface area (Å²) in [6, 6.07) is 7.98. The van der Waals surface area contributed by atoms with Gasteiger partial charge >= 0.3 is 0 Å². The molecule has 0 fully saturated rings. The number of hydrogen-bond donors (Lipinski definition) is 1. The molecule has 1 amide bonds. The Labute approximate surface area is 153 Å². The molecule has 0 aliphatic heterocycles. The highest BCUT2D eigenvalue weighted by Gasteiger charge is 2.22. The monoisotopic (exact) mass is 381 g/mol. The summed E-state index contributed by atoms with van der Waals surface area (Å²) < 4.78 is 36.6. The van der Waals surface area contributed by atoms with Gasteiger partial charge in [0.25, 0.3) is 0 Å². The summed E-state index contributed by atoms with van der Waals surface area (Å²) in [7, 11) is -1.78. The van der Waals surface area contributed by atoms with E-state index in [-0.39, 0.29) is 5.82 Å². The molecule has 0 atom stereocenters. The van der Waals surface area contributed by atoms with Crippen LogP contribution < -0.4 is 0 Å². The number of aryl methyl sites for hydroxylation is 1. The van der Waals surface area contributed by atoms with Crippen LogP contribution >= 0.6 is 0 Å². The second-order valence-electron chi connectivity index (χ2n) is 6.56. The van der Waals surface area contributed by atoms with Gasteiger partial charge in [-0.05, 0) is 57.0 Å². The van der Waals surface area contributed by atoms with Gasteiger partial charge in [0, 0.05) is 24.8 Å². The van der Waals surface area contributed by atoms with Crippen LogP contribution in [0.1, 0.15) is 26.0 Å².